The fourth-order valence-electron chi connectivity index (χ4n) is 0.429. The lowest BCUT2D eigenvalue weighted by molar-refractivity contribution is 0.192. The highest BCUT2D eigenvalue weighted by Crippen LogP contribution is 2.35. The zero-order valence-electron chi connectivity index (χ0n) is 6.39. The summed E-state index contributed by atoms with van der Waals surface area (Å²) in [6.07, 6.45) is 1.43. The van der Waals surface area contributed by atoms with Crippen LogP contribution < -0.4 is 0 Å². The van der Waals surface area contributed by atoms with Crippen LogP contribution in [0, 0.1) is 0 Å². The molecule has 0 bridgehead atoms. The summed E-state index contributed by atoms with van der Waals surface area (Å²) in [5.41, 5.74) is 0. The molecule has 2 nitrogen and oxygen atoms in total. The van der Waals surface area contributed by atoms with Crippen LogP contribution >= 0.6 is 7.14 Å². The van der Waals surface area contributed by atoms with Crippen LogP contribution in [0.2, 0.25) is 6.32 Å². The molecule has 0 aromatic carbocycles. The summed E-state index contributed by atoms with van der Waals surface area (Å²) >= 11 is 0. The molecular weight excluding hydrogens is 134 g/mol. The van der Waals surface area contributed by atoms with Crippen molar-refractivity contribution in [3.8, 4) is 0 Å². The molecule has 0 rings (SSSR count). The van der Waals surface area contributed by atoms with Crippen LogP contribution in [0.25, 0.3) is 0 Å². The molecule has 0 aromatic rings. The molecule has 54 valence electrons. The highest BCUT2D eigenvalue weighted by Gasteiger charge is 2.04. The molecule has 0 aromatic heterocycles. The lowest BCUT2D eigenvalue weighted by Crippen LogP contribution is -1.95. The quantitative estimate of drug-likeness (QED) is 0.332. The smallest absolute Gasteiger partial charge is 0.106 e. The third kappa shape index (κ3) is 8.25. The number of rotatable bonds is 4. The lowest BCUT2D eigenvalue weighted by atomic mass is 10.1. The van der Waals surface area contributed by atoms with Gasteiger partial charge in [-0.2, -0.15) is 0 Å². The second-order valence-electron chi connectivity index (χ2n) is 2.61. The summed E-state index contributed by atoms with van der Waals surface area (Å²) in [6, 6.07) is 0. The summed E-state index contributed by atoms with van der Waals surface area (Å²) in [5.74, 6) is 0. The van der Waals surface area contributed by atoms with Crippen LogP contribution in [0.5, 0.6) is 0 Å². The van der Waals surface area contributed by atoms with E-state index < -0.39 is 7.14 Å². The van der Waals surface area contributed by atoms with Gasteiger partial charge in [0.05, 0.1) is 6.35 Å². The van der Waals surface area contributed by atoms with Gasteiger partial charge in [-0.1, -0.05) is 6.32 Å². The van der Waals surface area contributed by atoms with Gasteiger partial charge < -0.3 is 9.30 Å². The summed E-state index contributed by atoms with van der Waals surface area (Å²) in [5, 5.41) is 0. The minimum absolute atomic E-state index is 0.431. The standard InChI is InChI=1S/C5H14BO2P/c1-9(2,7)5-8-4-3-6/h3-6H2,1-2H3. The maximum absolute atomic E-state index is 11.0. The summed E-state index contributed by atoms with van der Waals surface area (Å²) in [6.45, 7) is 4.21. The Morgan fingerprint density at radius 3 is 2.44 bits per heavy atom. The Hall–Kier alpha value is 0.255. The lowest BCUT2D eigenvalue weighted by Gasteiger charge is -2.05. The van der Waals surface area contributed by atoms with Gasteiger partial charge in [0.2, 0.25) is 0 Å². The first kappa shape index (κ1) is 9.25. The number of hydrogen-bond acceptors (Lipinski definition) is 2. The molecule has 9 heavy (non-hydrogen) atoms. The SMILES string of the molecule is BCCOCP(C)(C)=O. The molecule has 0 radical (unpaired) electrons. The van der Waals surface area contributed by atoms with Crippen molar-refractivity contribution in [3.63, 3.8) is 0 Å². The van der Waals surface area contributed by atoms with E-state index in [0.717, 1.165) is 12.9 Å². The van der Waals surface area contributed by atoms with Gasteiger partial charge in [-0.05, 0) is 13.3 Å². The largest absolute Gasteiger partial charge is 0.375 e. The van der Waals surface area contributed by atoms with E-state index in [1.54, 1.807) is 13.3 Å². The van der Waals surface area contributed by atoms with E-state index in [4.69, 9.17) is 4.74 Å². The second-order valence-corrected chi connectivity index (χ2v) is 6.02. The van der Waals surface area contributed by atoms with E-state index in [2.05, 4.69) is 0 Å². The molecule has 0 heterocycles. The first-order valence-electron chi connectivity index (χ1n) is 3.18. The molecule has 0 aliphatic heterocycles. The molecular formula is C5H14BO2P. The minimum Gasteiger partial charge on any atom is -0.375 e. The van der Waals surface area contributed by atoms with Gasteiger partial charge in [-0.3, -0.25) is 0 Å². The van der Waals surface area contributed by atoms with Crippen molar-refractivity contribution in [2.45, 2.75) is 6.32 Å². The normalized spacial score (nSPS) is 11.8. The van der Waals surface area contributed by atoms with Gasteiger partial charge in [0.1, 0.15) is 15.0 Å². The van der Waals surface area contributed by atoms with Crippen molar-refractivity contribution in [1.29, 1.82) is 0 Å². The fourth-order valence-corrected chi connectivity index (χ4v) is 0.998. The highest BCUT2D eigenvalue weighted by molar-refractivity contribution is 7.62. The van der Waals surface area contributed by atoms with E-state index in [9.17, 15) is 4.57 Å². The van der Waals surface area contributed by atoms with E-state index in [0.29, 0.717) is 6.35 Å². The summed E-state index contributed by atoms with van der Waals surface area (Å²) < 4.78 is 16.0. The van der Waals surface area contributed by atoms with E-state index >= 15 is 0 Å². The van der Waals surface area contributed by atoms with Gasteiger partial charge >= 0.3 is 0 Å². The van der Waals surface area contributed by atoms with Crippen LogP contribution in [-0.4, -0.2) is 34.1 Å². The summed E-state index contributed by atoms with van der Waals surface area (Å²) in [4.78, 5) is 0. The van der Waals surface area contributed by atoms with Crippen molar-refractivity contribution in [1.82, 2.24) is 0 Å². The molecule has 4 heteroatoms. The van der Waals surface area contributed by atoms with Gasteiger partial charge in [0, 0.05) is 6.61 Å². The Kier molecular flexibility index (Phi) is 4.25. The molecule has 0 atom stereocenters. The molecule has 0 saturated heterocycles. The Morgan fingerprint density at radius 1 is 1.56 bits per heavy atom. The van der Waals surface area contributed by atoms with Crippen LogP contribution in [-0.2, 0) is 9.30 Å². The second kappa shape index (κ2) is 4.13. The first-order valence-corrected chi connectivity index (χ1v) is 5.96. The average molecular weight is 148 g/mol. The number of hydrogen-bond donors (Lipinski definition) is 0. The average Bonchev–Trinajstić information content (AvgIpc) is 1.63. The van der Waals surface area contributed by atoms with Crippen LogP contribution in [0.15, 0.2) is 0 Å². The maximum atomic E-state index is 11.0. The molecule has 0 unspecified atom stereocenters. The Bertz CT molecular complexity index is 110. The highest BCUT2D eigenvalue weighted by atomic mass is 31.2. The van der Waals surface area contributed by atoms with E-state index in [-0.39, 0.29) is 0 Å². The van der Waals surface area contributed by atoms with Crippen LogP contribution in [0.4, 0.5) is 0 Å². The first-order chi connectivity index (χ1) is 4.06. The van der Waals surface area contributed by atoms with Gasteiger partial charge in [-0.25, -0.2) is 0 Å². The van der Waals surface area contributed by atoms with Gasteiger partial charge in [0.25, 0.3) is 0 Å². The molecule has 0 N–H and O–H groups in total. The van der Waals surface area contributed by atoms with E-state index in [1.807, 2.05) is 7.85 Å². The predicted molar refractivity (Wildman–Crippen MR) is 43.6 cm³/mol. The zero-order chi connectivity index (χ0) is 7.33. The fraction of sp³-hybridized carbons (Fsp3) is 1.00. The molecule has 0 fully saturated rings. The monoisotopic (exact) mass is 148 g/mol. The van der Waals surface area contributed by atoms with Crippen molar-refractivity contribution >= 4 is 15.0 Å². The topological polar surface area (TPSA) is 26.3 Å². The van der Waals surface area contributed by atoms with Crippen LogP contribution in [0.1, 0.15) is 0 Å². The van der Waals surface area contributed by atoms with Crippen molar-refractivity contribution in [3.05, 3.63) is 0 Å². The Morgan fingerprint density at radius 2 is 2.11 bits per heavy atom. The molecule has 0 aliphatic carbocycles. The van der Waals surface area contributed by atoms with E-state index in [1.165, 1.54) is 0 Å². The third-order valence-electron chi connectivity index (χ3n) is 0.751. The molecule has 0 aliphatic rings. The Labute approximate surface area is 57.8 Å². The third-order valence-corrected chi connectivity index (χ3v) is 1.56. The van der Waals surface area contributed by atoms with Crippen molar-refractivity contribution in [2.24, 2.45) is 0 Å². The minimum atomic E-state index is -1.92. The maximum Gasteiger partial charge on any atom is 0.106 e. The molecule has 0 saturated carbocycles. The number of ether oxygens (including phenoxy) is 1. The van der Waals surface area contributed by atoms with Crippen molar-refractivity contribution < 1.29 is 9.30 Å². The molecule has 0 amide bonds. The van der Waals surface area contributed by atoms with Crippen LogP contribution in [0.3, 0.4) is 0 Å². The molecule has 0 spiro atoms. The summed E-state index contributed by atoms with van der Waals surface area (Å²) in [7, 11) is 0.120. The zero-order valence-corrected chi connectivity index (χ0v) is 7.28. The van der Waals surface area contributed by atoms with Gasteiger partial charge in [0.15, 0.2) is 0 Å². The van der Waals surface area contributed by atoms with Crippen molar-refractivity contribution in [2.75, 3.05) is 26.3 Å². The predicted octanol–water partition coefficient (Wildman–Crippen LogP) is 0.635. The van der Waals surface area contributed by atoms with Gasteiger partial charge in [-0.15, -0.1) is 0 Å². The Balaban J connectivity index is 3.18.